The van der Waals surface area contributed by atoms with Crippen LogP contribution in [-0.2, 0) is 6.54 Å². The number of aliphatic imine (C=N–C) groups is 1. The minimum Gasteiger partial charge on any atom is -0.357 e. The minimum absolute atomic E-state index is 0.107. The molecular weight excluding hydrogens is 331 g/mol. The van der Waals surface area contributed by atoms with E-state index in [9.17, 15) is 9.18 Å². The molecular formula is C20H25FN4O. The molecule has 0 aliphatic carbocycles. The summed E-state index contributed by atoms with van der Waals surface area (Å²) >= 11 is 0. The van der Waals surface area contributed by atoms with E-state index in [1.54, 1.807) is 25.1 Å². The highest BCUT2D eigenvalue weighted by Crippen LogP contribution is 2.09. The van der Waals surface area contributed by atoms with E-state index < -0.39 is 0 Å². The molecule has 0 bridgehead atoms. The lowest BCUT2D eigenvalue weighted by Crippen LogP contribution is -2.41. The molecule has 0 aliphatic rings. The molecule has 0 aliphatic heterocycles. The van der Waals surface area contributed by atoms with Crippen LogP contribution in [0.2, 0.25) is 0 Å². The zero-order chi connectivity index (χ0) is 18.8. The van der Waals surface area contributed by atoms with Gasteiger partial charge in [0.1, 0.15) is 5.82 Å². The van der Waals surface area contributed by atoms with Crippen molar-refractivity contribution < 1.29 is 9.18 Å². The molecule has 2 aromatic carbocycles. The molecule has 2 rings (SSSR count). The molecule has 0 aromatic heterocycles. The quantitative estimate of drug-likeness (QED) is 0.406. The van der Waals surface area contributed by atoms with Crippen LogP contribution in [-0.4, -0.2) is 31.5 Å². The van der Waals surface area contributed by atoms with Crippen molar-refractivity contribution in [2.24, 2.45) is 4.99 Å². The lowest BCUT2D eigenvalue weighted by molar-refractivity contribution is 0.0954. The molecule has 0 saturated carbocycles. The summed E-state index contributed by atoms with van der Waals surface area (Å²) in [6.45, 7) is 5.80. The van der Waals surface area contributed by atoms with Gasteiger partial charge in [0, 0.05) is 25.2 Å². The van der Waals surface area contributed by atoms with Gasteiger partial charge in [0.2, 0.25) is 0 Å². The summed E-state index contributed by atoms with van der Waals surface area (Å²) in [6.07, 6.45) is 0. The number of amides is 1. The van der Waals surface area contributed by atoms with Crippen molar-refractivity contribution in [1.29, 1.82) is 0 Å². The first-order chi connectivity index (χ1) is 12.6. The normalized spacial score (nSPS) is 11.1. The fourth-order valence-electron chi connectivity index (χ4n) is 2.30. The highest BCUT2D eigenvalue weighted by molar-refractivity contribution is 5.94. The van der Waals surface area contributed by atoms with E-state index >= 15 is 0 Å². The molecule has 26 heavy (non-hydrogen) atoms. The van der Waals surface area contributed by atoms with Crippen molar-refractivity contribution in [3.63, 3.8) is 0 Å². The SMILES string of the molecule is CCNC(=NCc1ccc(C)c(F)c1)NCCNC(=O)c1ccccc1. The van der Waals surface area contributed by atoms with Gasteiger partial charge in [-0.05, 0) is 43.2 Å². The van der Waals surface area contributed by atoms with Crippen LogP contribution < -0.4 is 16.0 Å². The Balaban J connectivity index is 1.81. The Morgan fingerprint density at radius 3 is 2.46 bits per heavy atom. The largest absolute Gasteiger partial charge is 0.357 e. The number of aryl methyl sites for hydroxylation is 1. The summed E-state index contributed by atoms with van der Waals surface area (Å²) in [7, 11) is 0. The van der Waals surface area contributed by atoms with Crippen LogP contribution in [0.5, 0.6) is 0 Å². The Bertz CT molecular complexity index is 747. The first kappa shape index (κ1) is 19.4. The molecule has 3 N–H and O–H groups in total. The molecule has 6 heteroatoms. The van der Waals surface area contributed by atoms with Crippen LogP contribution in [0.1, 0.15) is 28.4 Å². The Kier molecular flexibility index (Phi) is 7.61. The van der Waals surface area contributed by atoms with Gasteiger partial charge in [-0.1, -0.05) is 30.3 Å². The average Bonchev–Trinajstić information content (AvgIpc) is 2.66. The third-order valence-corrected chi connectivity index (χ3v) is 3.74. The summed E-state index contributed by atoms with van der Waals surface area (Å²) in [5, 5.41) is 9.14. The molecule has 0 saturated heterocycles. The number of rotatable bonds is 7. The van der Waals surface area contributed by atoms with Crippen molar-refractivity contribution in [1.82, 2.24) is 16.0 Å². The van der Waals surface area contributed by atoms with Crippen LogP contribution in [0.25, 0.3) is 0 Å². The maximum absolute atomic E-state index is 13.6. The number of hydrogen-bond donors (Lipinski definition) is 3. The number of hydrogen-bond acceptors (Lipinski definition) is 2. The number of halogens is 1. The fourth-order valence-corrected chi connectivity index (χ4v) is 2.30. The number of nitrogens with zero attached hydrogens (tertiary/aromatic N) is 1. The number of carbonyl (C=O) groups is 1. The van der Waals surface area contributed by atoms with Crippen molar-refractivity contribution in [3.05, 3.63) is 71.0 Å². The average molecular weight is 356 g/mol. The fraction of sp³-hybridized carbons (Fsp3) is 0.300. The van der Waals surface area contributed by atoms with Gasteiger partial charge in [0.25, 0.3) is 5.91 Å². The summed E-state index contributed by atoms with van der Waals surface area (Å²) < 4.78 is 13.6. The maximum Gasteiger partial charge on any atom is 0.251 e. The third kappa shape index (κ3) is 6.20. The van der Waals surface area contributed by atoms with Crippen LogP contribution in [0.15, 0.2) is 53.5 Å². The molecule has 0 radical (unpaired) electrons. The Morgan fingerprint density at radius 1 is 1.04 bits per heavy atom. The second-order valence-corrected chi connectivity index (χ2v) is 5.83. The van der Waals surface area contributed by atoms with E-state index in [2.05, 4.69) is 20.9 Å². The predicted octanol–water partition coefficient (Wildman–Crippen LogP) is 2.62. The Labute approximate surface area is 153 Å². The maximum atomic E-state index is 13.6. The van der Waals surface area contributed by atoms with Gasteiger partial charge < -0.3 is 16.0 Å². The second kappa shape index (κ2) is 10.2. The van der Waals surface area contributed by atoms with Gasteiger partial charge in [0.05, 0.1) is 6.54 Å². The van der Waals surface area contributed by atoms with E-state index in [4.69, 9.17) is 0 Å². The highest BCUT2D eigenvalue weighted by Gasteiger charge is 2.04. The van der Waals surface area contributed by atoms with E-state index in [0.717, 1.165) is 5.56 Å². The lowest BCUT2D eigenvalue weighted by Gasteiger charge is -2.12. The molecule has 0 fully saturated rings. The number of nitrogens with one attached hydrogen (secondary N) is 3. The zero-order valence-electron chi connectivity index (χ0n) is 15.2. The van der Waals surface area contributed by atoms with E-state index in [0.29, 0.717) is 43.3 Å². The molecule has 0 heterocycles. The molecule has 0 atom stereocenters. The van der Waals surface area contributed by atoms with Gasteiger partial charge in [0.15, 0.2) is 5.96 Å². The summed E-state index contributed by atoms with van der Waals surface area (Å²) in [5.41, 5.74) is 2.06. The van der Waals surface area contributed by atoms with Gasteiger partial charge in [-0.15, -0.1) is 0 Å². The molecule has 1 amide bonds. The van der Waals surface area contributed by atoms with E-state index in [1.165, 1.54) is 6.07 Å². The van der Waals surface area contributed by atoms with Crippen molar-refractivity contribution in [2.75, 3.05) is 19.6 Å². The Hall–Kier alpha value is -2.89. The van der Waals surface area contributed by atoms with Crippen LogP contribution in [0.3, 0.4) is 0 Å². The zero-order valence-corrected chi connectivity index (χ0v) is 15.2. The predicted molar refractivity (Wildman–Crippen MR) is 103 cm³/mol. The first-order valence-corrected chi connectivity index (χ1v) is 8.70. The molecule has 0 spiro atoms. The topological polar surface area (TPSA) is 65.5 Å². The first-order valence-electron chi connectivity index (χ1n) is 8.70. The smallest absolute Gasteiger partial charge is 0.251 e. The minimum atomic E-state index is -0.223. The standard InChI is InChI=1S/C20H25FN4O/c1-3-22-20(25-14-16-10-9-15(2)18(21)13-16)24-12-11-23-19(26)17-7-5-4-6-8-17/h4-10,13H,3,11-12,14H2,1-2H3,(H,23,26)(H2,22,24,25). The lowest BCUT2D eigenvalue weighted by atomic mass is 10.1. The van der Waals surface area contributed by atoms with Crippen molar-refractivity contribution in [2.45, 2.75) is 20.4 Å². The molecule has 5 nitrogen and oxygen atoms in total. The van der Waals surface area contributed by atoms with Gasteiger partial charge in [-0.2, -0.15) is 0 Å². The summed E-state index contributed by atoms with van der Waals surface area (Å²) in [4.78, 5) is 16.4. The molecule has 0 unspecified atom stereocenters. The van der Waals surface area contributed by atoms with Gasteiger partial charge in [-0.25, -0.2) is 9.38 Å². The van der Waals surface area contributed by atoms with E-state index in [1.807, 2.05) is 31.2 Å². The summed E-state index contributed by atoms with van der Waals surface area (Å²) in [5.74, 6) is 0.297. The second-order valence-electron chi connectivity index (χ2n) is 5.83. The van der Waals surface area contributed by atoms with Crippen LogP contribution >= 0.6 is 0 Å². The van der Waals surface area contributed by atoms with Gasteiger partial charge in [-0.3, -0.25) is 4.79 Å². The number of benzene rings is 2. The van der Waals surface area contributed by atoms with Crippen LogP contribution in [0, 0.1) is 12.7 Å². The van der Waals surface area contributed by atoms with E-state index in [-0.39, 0.29) is 11.7 Å². The molecule has 2 aromatic rings. The summed E-state index contributed by atoms with van der Waals surface area (Å²) in [6, 6.07) is 14.2. The van der Waals surface area contributed by atoms with Crippen molar-refractivity contribution in [3.8, 4) is 0 Å². The number of carbonyl (C=O) groups excluding carboxylic acids is 1. The highest BCUT2D eigenvalue weighted by atomic mass is 19.1. The third-order valence-electron chi connectivity index (χ3n) is 3.74. The van der Waals surface area contributed by atoms with Crippen molar-refractivity contribution >= 4 is 11.9 Å². The van der Waals surface area contributed by atoms with Gasteiger partial charge >= 0.3 is 0 Å². The Morgan fingerprint density at radius 2 is 1.77 bits per heavy atom. The monoisotopic (exact) mass is 356 g/mol. The number of guanidine groups is 1. The molecule has 138 valence electrons. The van der Waals surface area contributed by atoms with Crippen LogP contribution in [0.4, 0.5) is 4.39 Å².